The number of ether oxygens (including phenoxy) is 1. The van der Waals surface area contributed by atoms with Gasteiger partial charge in [-0.15, -0.1) is 0 Å². The first-order chi connectivity index (χ1) is 5.22. The highest BCUT2D eigenvalue weighted by atomic mass is 16.5. The molecule has 0 bridgehead atoms. The van der Waals surface area contributed by atoms with Gasteiger partial charge in [-0.1, -0.05) is 0 Å². The van der Waals surface area contributed by atoms with Gasteiger partial charge in [-0.3, -0.25) is 0 Å². The van der Waals surface area contributed by atoms with Crippen LogP contribution in [0.2, 0.25) is 0 Å². The number of hydrogen-bond acceptors (Lipinski definition) is 3. The Balaban J connectivity index is 2.45. The van der Waals surface area contributed by atoms with Crippen LogP contribution < -0.4 is 5.73 Å². The molecule has 0 amide bonds. The van der Waals surface area contributed by atoms with Crippen molar-refractivity contribution in [2.24, 2.45) is 5.73 Å². The molecule has 1 fully saturated rings. The van der Waals surface area contributed by atoms with Crippen molar-refractivity contribution in [1.29, 1.82) is 0 Å². The summed E-state index contributed by atoms with van der Waals surface area (Å²) in [4.78, 5) is 0. The molecule has 0 spiro atoms. The van der Waals surface area contributed by atoms with Gasteiger partial charge in [0.25, 0.3) is 0 Å². The maximum atomic E-state index is 9.06. The molecule has 1 aliphatic carbocycles. The van der Waals surface area contributed by atoms with E-state index in [1.807, 2.05) is 0 Å². The summed E-state index contributed by atoms with van der Waals surface area (Å²) in [6.07, 6.45) is 3.71. The topological polar surface area (TPSA) is 55.5 Å². The van der Waals surface area contributed by atoms with Crippen LogP contribution in [0.1, 0.15) is 25.7 Å². The van der Waals surface area contributed by atoms with Gasteiger partial charge in [-0.05, 0) is 25.7 Å². The van der Waals surface area contributed by atoms with E-state index in [1.165, 1.54) is 0 Å². The summed E-state index contributed by atoms with van der Waals surface area (Å²) in [6.45, 7) is 0.121. The summed E-state index contributed by atoms with van der Waals surface area (Å²) in [6, 6.07) is 0.310. The molecule has 0 aliphatic heterocycles. The van der Waals surface area contributed by atoms with Crippen molar-refractivity contribution in [3.8, 4) is 0 Å². The maximum Gasteiger partial charge on any atom is 0.0909 e. The van der Waals surface area contributed by atoms with Crippen LogP contribution >= 0.6 is 0 Å². The second-order valence-corrected chi connectivity index (χ2v) is 3.38. The van der Waals surface area contributed by atoms with Crippen LogP contribution in [0.3, 0.4) is 0 Å². The zero-order valence-electron chi connectivity index (χ0n) is 7.05. The van der Waals surface area contributed by atoms with Crippen LogP contribution in [0.25, 0.3) is 0 Å². The van der Waals surface area contributed by atoms with Crippen molar-refractivity contribution >= 4 is 0 Å². The number of hydrogen-bond donors (Lipinski definition) is 2. The lowest BCUT2D eigenvalue weighted by Gasteiger charge is -2.36. The molecule has 0 saturated heterocycles. The van der Waals surface area contributed by atoms with Crippen molar-refractivity contribution in [3.05, 3.63) is 0 Å². The Morgan fingerprint density at radius 1 is 1.55 bits per heavy atom. The lowest BCUT2D eigenvalue weighted by molar-refractivity contribution is -0.0778. The molecule has 0 atom stereocenters. The molecular formula is C8H17NO2. The minimum absolute atomic E-state index is 0.121. The van der Waals surface area contributed by atoms with Crippen molar-refractivity contribution in [3.63, 3.8) is 0 Å². The van der Waals surface area contributed by atoms with Crippen LogP contribution in [0.5, 0.6) is 0 Å². The quantitative estimate of drug-likeness (QED) is 0.608. The van der Waals surface area contributed by atoms with Crippen LogP contribution in [0.4, 0.5) is 0 Å². The molecule has 1 saturated carbocycles. The molecule has 0 radical (unpaired) electrons. The SMILES string of the molecule is COC1(CO)CCC(N)CC1. The fourth-order valence-corrected chi connectivity index (χ4v) is 1.59. The van der Waals surface area contributed by atoms with Gasteiger partial charge in [0.1, 0.15) is 0 Å². The van der Waals surface area contributed by atoms with Gasteiger partial charge in [0.05, 0.1) is 12.2 Å². The number of methoxy groups -OCH3 is 1. The molecule has 3 N–H and O–H groups in total. The molecule has 0 aromatic heterocycles. The Bertz CT molecular complexity index is 113. The lowest BCUT2D eigenvalue weighted by atomic mass is 9.83. The normalized spacial score (nSPS) is 39.0. The average molecular weight is 159 g/mol. The van der Waals surface area contributed by atoms with E-state index in [0.717, 1.165) is 25.7 Å². The third-order valence-corrected chi connectivity index (χ3v) is 2.66. The van der Waals surface area contributed by atoms with Gasteiger partial charge < -0.3 is 15.6 Å². The molecule has 0 aromatic rings. The fraction of sp³-hybridized carbons (Fsp3) is 1.00. The predicted molar refractivity (Wildman–Crippen MR) is 43.3 cm³/mol. The van der Waals surface area contributed by atoms with Gasteiger partial charge in [-0.25, -0.2) is 0 Å². The van der Waals surface area contributed by atoms with E-state index in [4.69, 9.17) is 15.6 Å². The standard InChI is InChI=1S/C8H17NO2/c1-11-8(6-10)4-2-7(9)3-5-8/h7,10H,2-6,9H2,1H3. The Morgan fingerprint density at radius 2 is 2.09 bits per heavy atom. The van der Waals surface area contributed by atoms with E-state index in [1.54, 1.807) is 7.11 Å². The first-order valence-electron chi connectivity index (χ1n) is 4.14. The lowest BCUT2D eigenvalue weighted by Crippen LogP contribution is -2.43. The van der Waals surface area contributed by atoms with E-state index in [0.29, 0.717) is 6.04 Å². The summed E-state index contributed by atoms with van der Waals surface area (Å²) in [5.74, 6) is 0. The van der Waals surface area contributed by atoms with E-state index >= 15 is 0 Å². The minimum Gasteiger partial charge on any atom is -0.393 e. The van der Waals surface area contributed by atoms with Crippen molar-refractivity contribution < 1.29 is 9.84 Å². The molecule has 0 aromatic carbocycles. The van der Waals surface area contributed by atoms with Gasteiger partial charge in [-0.2, -0.15) is 0 Å². The molecule has 1 rings (SSSR count). The van der Waals surface area contributed by atoms with E-state index < -0.39 is 0 Å². The van der Waals surface area contributed by atoms with E-state index in [2.05, 4.69) is 0 Å². The summed E-state index contributed by atoms with van der Waals surface area (Å²) in [7, 11) is 1.66. The Hall–Kier alpha value is -0.120. The smallest absolute Gasteiger partial charge is 0.0909 e. The van der Waals surface area contributed by atoms with E-state index in [-0.39, 0.29) is 12.2 Å². The Labute approximate surface area is 67.5 Å². The first-order valence-corrected chi connectivity index (χ1v) is 4.14. The fourth-order valence-electron chi connectivity index (χ4n) is 1.59. The molecule has 3 heteroatoms. The highest BCUT2D eigenvalue weighted by molar-refractivity contribution is 4.87. The predicted octanol–water partition coefficient (Wildman–Crippen LogP) is 0.265. The van der Waals surface area contributed by atoms with Crippen LogP contribution in [0.15, 0.2) is 0 Å². The Kier molecular flexibility index (Phi) is 2.87. The zero-order valence-corrected chi connectivity index (χ0v) is 7.05. The first kappa shape index (κ1) is 8.97. The summed E-state index contributed by atoms with van der Waals surface area (Å²) in [5.41, 5.74) is 5.45. The molecule has 0 heterocycles. The highest BCUT2D eigenvalue weighted by Gasteiger charge is 2.33. The number of nitrogens with two attached hydrogens (primary N) is 1. The van der Waals surface area contributed by atoms with Crippen LogP contribution in [-0.4, -0.2) is 30.5 Å². The number of rotatable bonds is 2. The largest absolute Gasteiger partial charge is 0.393 e. The average Bonchev–Trinajstić information content (AvgIpc) is 2.07. The van der Waals surface area contributed by atoms with Crippen LogP contribution in [-0.2, 0) is 4.74 Å². The van der Waals surface area contributed by atoms with Crippen LogP contribution in [0, 0.1) is 0 Å². The van der Waals surface area contributed by atoms with Gasteiger partial charge in [0.2, 0.25) is 0 Å². The molecular weight excluding hydrogens is 142 g/mol. The molecule has 0 unspecified atom stereocenters. The second kappa shape index (κ2) is 3.52. The van der Waals surface area contributed by atoms with Gasteiger partial charge in [0.15, 0.2) is 0 Å². The van der Waals surface area contributed by atoms with Crippen molar-refractivity contribution in [2.45, 2.75) is 37.3 Å². The zero-order chi connectivity index (χ0) is 8.32. The maximum absolute atomic E-state index is 9.06. The second-order valence-electron chi connectivity index (χ2n) is 3.38. The molecule has 1 aliphatic rings. The van der Waals surface area contributed by atoms with E-state index in [9.17, 15) is 0 Å². The summed E-state index contributed by atoms with van der Waals surface area (Å²) < 4.78 is 5.27. The summed E-state index contributed by atoms with van der Waals surface area (Å²) in [5, 5.41) is 9.06. The van der Waals surface area contributed by atoms with Crippen molar-refractivity contribution in [1.82, 2.24) is 0 Å². The number of aliphatic hydroxyl groups is 1. The Morgan fingerprint density at radius 3 is 2.45 bits per heavy atom. The molecule has 66 valence electrons. The van der Waals surface area contributed by atoms with Crippen molar-refractivity contribution in [2.75, 3.05) is 13.7 Å². The third-order valence-electron chi connectivity index (χ3n) is 2.66. The summed E-state index contributed by atoms with van der Waals surface area (Å²) >= 11 is 0. The minimum atomic E-state index is -0.282. The van der Waals surface area contributed by atoms with Gasteiger partial charge in [0, 0.05) is 13.2 Å². The number of aliphatic hydroxyl groups excluding tert-OH is 1. The molecule has 3 nitrogen and oxygen atoms in total. The highest BCUT2D eigenvalue weighted by Crippen LogP contribution is 2.29. The molecule has 11 heavy (non-hydrogen) atoms. The third kappa shape index (κ3) is 1.92. The monoisotopic (exact) mass is 159 g/mol. The van der Waals surface area contributed by atoms with Gasteiger partial charge >= 0.3 is 0 Å².